The Bertz CT molecular complexity index is 829. The molecule has 4 rings (SSSR count). The zero-order chi connectivity index (χ0) is 16.5. The molecule has 1 atom stereocenters. The van der Waals surface area contributed by atoms with E-state index in [2.05, 4.69) is 26.0 Å². The van der Waals surface area contributed by atoms with Gasteiger partial charge in [0.1, 0.15) is 5.82 Å². The normalized spacial score (nSPS) is 18.2. The van der Waals surface area contributed by atoms with Crippen molar-refractivity contribution in [3.05, 3.63) is 35.1 Å². The van der Waals surface area contributed by atoms with E-state index < -0.39 is 0 Å². The molecular weight excluding hydrogens is 322 g/mol. The number of ether oxygens (including phenoxy) is 1. The van der Waals surface area contributed by atoms with Crippen molar-refractivity contribution in [2.45, 2.75) is 26.7 Å². The molecule has 0 radical (unpaired) electrons. The third-order valence-corrected chi connectivity index (χ3v) is 5.04. The van der Waals surface area contributed by atoms with Gasteiger partial charge in [-0.1, -0.05) is 11.3 Å². The predicted octanol–water partition coefficient (Wildman–Crippen LogP) is 3.10. The standard InChI is InChI=1S/C17H21N5OS/c1-12-9-16(22-15(19-12)8-13(2)20-22)21-6-3-4-14(10-21)11-23-17-18-5-7-24-17/h5,7-9,14H,3-4,6,10-11H2,1-2H3. The summed E-state index contributed by atoms with van der Waals surface area (Å²) in [4.78, 5) is 11.2. The number of nitrogens with zero attached hydrogens (tertiary/aromatic N) is 5. The second kappa shape index (κ2) is 6.39. The highest BCUT2D eigenvalue weighted by Gasteiger charge is 2.23. The minimum Gasteiger partial charge on any atom is -0.470 e. The molecule has 0 bridgehead atoms. The quantitative estimate of drug-likeness (QED) is 0.728. The number of aromatic nitrogens is 4. The summed E-state index contributed by atoms with van der Waals surface area (Å²) in [6.07, 6.45) is 4.13. The van der Waals surface area contributed by atoms with Gasteiger partial charge in [0, 0.05) is 48.4 Å². The third-order valence-electron chi connectivity index (χ3n) is 4.35. The first-order valence-corrected chi connectivity index (χ1v) is 9.18. The molecule has 0 aliphatic carbocycles. The zero-order valence-electron chi connectivity index (χ0n) is 14.0. The minimum atomic E-state index is 0.503. The van der Waals surface area contributed by atoms with Crippen molar-refractivity contribution in [3.8, 4) is 5.19 Å². The van der Waals surface area contributed by atoms with Crippen LogP contribution in [-0.4, -0.2) is 39.3 Å². The molecule has 7 heteroatoms. The average molecular weight is 343 g/mol. The first-order valence-electron chi connectivity index (χ1n) is 8.30. The molecule has 6 nitrogen and oxygen atoms in total. The number of hydrogen-bond donors (Lipinski definition) is 0. The molecule has 0 spiro atoms. The molecule has 3 aromatic heterocycles. The lowest BCUT2D eigenvalue weighted by Crippen LogP contribution is -2.39. The minimum absolute atomic E-state index is 0.503. The Labute approximate surface area is 145 Å². The highest BCUT2D eigenvalue weighted by Crippen LogP contribution is 2.25. The second-order valence-electron chi connectivity index (χ2n) is 6.37. The van der Waals surface area contributed by atoms with Crippen molar-refractivity contribution in [2.75, 3.05) is 24.6 Å². The van der Waals surface area contributed by atoms with Gasteiger partial charge in [0.15, 0.2) is 5.65 Å². The molecule has 0 aromatic carbocycles. The van der Waals surface area contributed by atoms with Gasteiger partial charge in [0.05, 0.1) is 12.3 Å². The van der Waals surface area contributed by atoms with Crippen molar-refractivity contribution in [2.24, 2.45) is 5.92 Å². The fourth-order valence-electron chi connectivity index (χ4n) is 3.30. The molecule has 0 saturated carbocycles. The van der Waals surface area contributed by atoms with Crippen molar-refractivity contribution >= 4 is 22.8 Å². The smallest absolute Gasteiger partial charge is 0.273 e. The van der Waals surface area contributed by atoms with Crippen LogP contribution in [0.5, 0.6) is 5.19 Å². The van der Waals surface area contributed by atoms with Crippen LogP contribution < -0.4 is 9.64 Å². The number of anilines is 1. The van der Waals surface area contributed by atoms with E-state index in [0.29, 0.717) is 5.92 Å². The summed E-state index contributed by atoms with van der Waals surface area (Å²) in [5.74, 6) is 1.63. The lowest BCUT2D eigenvalue weighted by atomic mass is 9.99. The molecule has 1 saturated heterocycles. The Hall–Kier alpha value is -2.15. The van der Waals surface area contributed by atoms with Crippen LogP contribution in [-0.2, 0) is 0 Å². The molecule has 0 N–H and O–H groups in total. The van der Waals surface area contributed by atoms with Gasteiger partial charge in [0.2, 0.25) is 0 Å². The van der Waals surface area contributed by atoms with Crippen LogP contribution in [0.2, 0.25) is 0 Å². The van der Waals surface area contributed by atoms with Crippen molar-refractivity contribution < 1.29 is 4.74 Å². The molecular formula is C17H21N5OS. The third kappa shape index (κ3) is 3.08. The van der Waals surface area contributed by atoms with E-state index in [1.807, 2.05) is 29.8 Å². The molecule has 24 heavy (non-hydrogen) atoms. The number of fused-ring (bicyclic) bond motifs is 1. The average Bonchev–Trinajstić information content (AvgIpc) is 3.21. The van der Waals surface area contributed by atoms with Gasteiger partial charge >= 0.3 is 0 Å². The molecule has 1 fully saturated rings. The maximum absolute atomic E-state index is 5.83. The van der Waals surface area contributed by atoms with Gasteiger partial charge in [-0.05, 0) is 26.7 Å². The SMILES string of the molecule is Cc1cc(N2CCCC(COc3nccs3)C2)n2nc(C)cc2n1. The van der Waals surface area contributed by atoms with Crippen molar-refractivity contribution in [1.29, 1.82) is 0 Å². The van der Waals surface area contributed by atoms with E-state index in [9.17, 15) is 0 Å². The molecule has 3 aromatic rings. The topological polar surface area (TPSA) is 55.5 Å². The summed E-state index contributed by atoms with van der Waals surface area (Å²) < 4.78 is 7.80. The highest BCUT2D eigenvalue weighted by atomic mass is 32.1. The maximum Gasteiger partial charge on any atom is 0.273 e. The van der Waals surface area contributed by atoms with Crippen molar-refractivity contribution in [3.63, 3.8) is 0 Å². The van der Waals surface area contributed by atoms with Gasteiger partial charge in [-0.15, -0.1) is 0 Å². The molecule has 1 aliphatic heterocycles. The lowest BCUT2D eigenvalue weighted by molar-refractivity contribution is 0.227. The molecule has 0 amide bonds. The second-order valence-corrected chi connectivity index (χ2v) is 7.23. The van der Waals surface area contributed by atoms with Gasteiger partial charge in [-0.2, -0.15) is 9.61 Å². The van der Waals surface area contributed by atoms with Crippen LogP contribution >= 0.6 is 11.3 Å². The van der Waals surface area contributed by atoms with Crippen molar-refractivity contribution in [1.82, 2.24) is 19.6 Å². The van der Waals surface area contributed by atoms with E-state index in [1.54, 1.807) is 17.5 Å². The van der Waals surface area contributed by atoms with E-state index in [-0.39, 0.29) is 0 Å². The number of hydrogen-bond acceptors (Lipinski definition) is 6. The van der Waals surface area contributed by atoms with Crippen LogP contribution in [0.3, 0.4) is 0 Å². The van der Waals surface area contributed by atoms with Gasteiger partial charge < -0.3 is 9.64 Å². The van der Waals surface area contributed by atoms with E-state index in [4.69, 9.17) is 4.74 Å². The summed E-state index contributed by atoms with van der Waals surface area (Å²) >= 11 is 1.55. The zero-order valence-corrected chi connectivity index (χ0v) is 14.8. The number of thiazole rings is 1. The summed E-state index contributed by atoms with van der Waals surface area (Å²) in [5, 5.41) is 7.32. The number of rotatable bonds is 4. The number of piperidine rings is 1. The first-order chi connectivity index (χ1) is 11.7. The Kier molecular flexibility index (Phi) is 4.10. The monoisotopic (exact) mass is 343 g/mol. The fourth-order valence-corrected chi connectivity index (χ4v) is 3.80. The van der Waals surface area contributed by atoms with Gasteiger partial charge in [-0.25, -0.2) is 9.97 Å². The van der Waals surface area contributed by atoms with Gasteiger partial charge in [-0.3, -0.25) is 0 Å². The van der Waals surface area contributed by atoms with E-state index in [1.165, 1.54) is 6.42 Å². The largest absolute Gasteiger partial charge is 0.470 e. The molecule has 1 aliphatic rings. The molecule has 126 valence electrons. The maximum atomic E-state index is 5.83. The summed E-state index contributed by atoms with van der Waals surface area (Å²) in [6, 6.07) is 4.16. The fraction of sp³-hybridized carbons (Fsp3) is 0.471. The lowest BCUT2D eigenvalue weighted by Gasteiger charge is -2.34. The summed E-state index contributed by atoms with van der Waals surface area (Å²) in [7, 11) is 0. The van der Waals surface area contributed by atoms with E-state index in [0.717, 1.165) is 54.2 Å². The van der Waals surface area contributed by atoms with Crippen LogP contribution in [0, 0.1) is 19.8 Å². The van der Waals surface area contributed by atoms with Crippen LogP contribution in [0.1, 0.15) is 24.2 Å². The van der Waals surface area contributed by atoms with Crippen LogP contribution in [0.25, 0.3) is 5.65 Å². The Morgan fingerprint density at radius 2 is 2.21 bits per heavy atom. The summed E-state index contributed by atoms with van der Waals surface area (Å²) in [5.41, 5.74) is 2.94. The van der Waals surface area contributed by atoms with Crippen LogP contribution in [0.4, 0.5) is 5.82 Å². The Balaban J connectivity index is 1.53. The summed E-state index contributed by atoms with van der Waals surface area (Å²) in [6.45, 7) is 6.79. The first kappa shape index (κ1) is 15.4. The van der Waals surface area contributed by atoms with Gasteiger partial charge in [0.25, 0.3) is 5.19 Å². The Morgan fingerprint density at radius 3 is 3.04 bits per heavy atom. The number of aryl methyl sites for hydroxylation is 2. The van der Waals surface area contributed by atoms with E-state index >= 15 is 0 Å². The van der Waals surface area contributed by atoms with Crippen LogP contribution in [0.15, 0.2) is 23.7 Å². The highest BCUT2D eigenvalue weighted by molar-refractivity contribution is 7.11. The predicted molar refractivity (Wildman–Crippen MR) is 95.0 cm³/mol. The molecule has 4 heterocycles. The molecule has 1 unspecified atom stereocenters. The Morgan fingerprint density at radius 1 is 1.29 bits per heavy atom.